The molecule has 0 amide bonds. The number of hydrogen-bond donors (Lipinski definition) is 0. The lowest BCUT2D eigenvalue weighted by atomic mass is 10.5. The van der Waals surface area contributed by atoms with Crippen molar-refractivity contribution >= 4 is 23.0 Å². The van der Waals surface area contributed by atoms with Gasteiger partial charge in [0.15, 0.2) is 5.12 Å². The third-order valence-corrected chi connectivity index (χ3v) is 2.27. The average Bonchev–Trinajstić information content (AvgIpc) is 2.45. The van der Waals surface area contributed by atoms with Crippen LogP contribution in [0.25, 0.3) is 6.08 Å². The van der Waals surface area contributed by atoms with E-state index >= 15 is 0 Å². The molecule has 1 rings (SSSR count). The third-order valence-electron chi connectivity index (χ3n) is 1.51. The van der Waals surface area contributed by atoms with Gasteiger partial charge in [-0.3, -0.25) is 4.79 Å². The van der Waals surface area contributed by atoms with Gasteiger partial charge in [0, 0.05) is 32.1 Å². The standard InChI is InChI=1S/C9H12N2OS/c1-8(12)13-7-3-4-9-10-5-6-11(9)2/h3-6H,7H2,1-2H3. The molecule has 13 heavy (non-hydrogen) atoms. The van der Waals surface area contributed by atoms with Crippen molar-refractivity contribution in [1.82, 2.24) is 9.55 Å². The monoisotopic (exact) mass is 196 g/mol. The normalized spacial score (nSPS) is 10.9. The number of aryl methyl sites for hydroxylation is 1. The van der Waals surface area contributed by atoms with E-state index in [0.29, 0.717) is 5.75 Å². The molecule has 0 fully saturated rings. The largest absolute Gasteiger partial charge is 0.335 e. The lowest BCUT2D eigenvalue weighted by Gasteiger charge is -1.93. The number of thioether (sulfide) groups is 1. The second-order valence-corrected chi connectivity index (χ2v) is 3.80. The van der Waals surface area contributed by atoms with Crippen molar-refractivity contribution in [2.24, 2.45) is 7.05 Å². The molecule has 4 heteroatoms. The van der Waals surface area contributed by atoms with Gasteiger partial charge in [0.1, 0.15) is 5.82 Å². The molecule has 0 aliphatic heterocycles. The minimum atomic E-state index is 0.143. The Labute approximate surface area is 81.9 Å². The van der Waals surface area contributed by atoms with Gasteiger partial charge >= 0.3 is 0 Å². The average molecular weight is 196 g/mol. The fraction of sp³-hybridized carbons (Fsp3) is 0.333. The lowest BCUT2D eigenvalue weighted by Crippen LogP contribution is -1.89. The Morgan fingerprint density at radius 2 is 2.54 bits per heavy atom. The van der Waals surface area contributed by atoms with Gasteiger partial charge < -0.3 is 4.57 Å². The summed E-state index contributed by atoms with van der Waals surface area (Å²) in [4.78, 5) is 14.7. The number of carbonyl (C=O) groups is 1. The summed E-state index contributed by atoms with van der Waals surface area (Å²) in [6, 6.07) is 0. The van der Waals surface area contributed by atoms with E-state index in [1.54, 1.807) is 13.1 Å². The van der Waals surface area contributed by atoms with Crippen molar-refractivity contribution in [1.29, 1.82) is 0 Å². The Balaban J connectivity index is 2.41. The summed E-state index contributed by atoms with van der Waals surface area (Å²) < 4.78 is 1.93. The van der Waals surface area contributed by atoms with E-state index in [-0.39, 0.29) is 5.12 Å². The van der Waals surface area contributed by atoms with Gasteiger partial charge in [0.2, 0.25) is 0 Å². The molecule has 0 bridgehead atoms. The van der Waals surface area contributed by atoms with Crippen LogP contribution in [-0.2, 0) is 11.8 Å². The zero-order chi connectivity index (χ0) is 9.68. The summed E-state index contributed by atoms with van der Waals surface area (Å²) in [5, 5.41) is 0.143. The molecule has 0 saturated carbocycles. The third kappa shape index (κ3) is 3.46. The van der Waals surface area contributed by atoms with Crippen LogP contribution in [0, 0.1) is 0 Å². The summed E-state index contributed by atoms with van der Waals surface area (Å²) in [5.74, 6) is 1.62. The molecular formula is C9H12N2OS. The van der Waals surface area contributed by atoms with Crippen molar-refractivity contribution in [3.05, 3.63) is 24.3 Å². The van der Waals surface area contributed by atoms with Crippen molar-refractivity contribution in [3.63, 3.8) is 0 Å². The van der Waals surface area contributed by atoms with E-state index in [2.05, 4.69) is 4.98 Å². The number of hydrogen-bond acceptors (Lipinski definition) is 3. The zero-order valence-electron chi connectivity index (χ0n) is 7.73. The minimum Gasteiger partial charge on any atom is -0.335 e. The number of imidazole rings is 1. The van der Waals surface area contributed by atoms with Gasteiger partial charge in [-0.15, -0.1) is 0 Å². The number of carbonyl (C=O) groups excluding carboxylic acids is 1. The summed E-state index contributed by atoms with van der Waals surface area (Å²) in [7, 11) is 1.94. The Morgan fingerprint density at radius 3 is 3.08 bits per heavy atom. The van der Waals surface area contributed by atoms with Gasteiger partial charge in [-0.05, 0) is 6.08 Å². The molecule has 0 radical (unpaired) electrons. The van der Waals surface area contributed by atoms with Crippen LogP contribution in [0.3, 0.4) is 0 Å². The smallest absolute Gasteiger partial charge is 0.186 e. The van der Waals surface area contributed by atoms with Gasteiger partial charge in [-0.2, -0.15) is 0 Å². The Morgan fingerprint density at radius 1 is 1.77 bits per heavy atom. The first-order chi connectivity index (χ1) is 6.20. The molecule has 0 atom stereocenters. The van der Waals surface area contributed by atoms with Crippen molar-refractivity contribution in [2.75, 3.05) is 5.75 Å². The maximum Gasteiger partial charge on any atom is 0.186 e. The van der Waals surface area contributed by atoms with Crippen LogP contribution in [0.15, 0.2) is 18.5 Å². The van der Waals surface area contributed by atoms with Gasteiger partial charge in [0.05, 0.1) is 0 Å². The van der Waals surface area contributed by atoms with Crippen LogP contribution >= 0.6 is 11.8 Å². The highest BCUT2D eigenvalue weighted by molar-refractivity contribution is 8.13. The highest BCUT2D eigenvalue weighted by Gasteiger charge is 1.92. The van der Waals surface area contributed by atoms with Crippen molar-refractivity contribution in [2.45, 2.75) is 6.92 Å². The van der Waals surface area contributed by atoms with Gasteiger partial charge in [-0.25, -0.2) is 4.98 Å². The molecule has 0 aliphatic carbocycles. The van der Waals surface area contributed by atoms with Crippen molar-refractivity contribution < 1.29 is 4.79 Å². The fourth-order valence-corrected chi connectivity index (χ4v) is 1.28. The second-order valence-electron chi connectivity index (χ2n) is 2.60. The molecule has 0 spiro atoms. The van der Waals surface area contributed by atoms with E-state index < -0.39 is 0 Å². The highest BCUT2D eigenvalue weighted by atomic mass is 32.2. The van der Waals surface area contributed by atoms with Crippen LogP contribution in [0.1, 0.15) is 12.7 Å². The summed E-state index contributed by atoms with van der Waals surface area (Å²) >= 11 is 1.30. The summed E-state index contributed by atoms with van der Waals surface area (Å²) in [6.07, 6.45) is 7.49. The molecule has 0 saturated heterocycles. The second kappa shape index (κ2) is 4.87. The van der Waals surface area contributed by atoms with E-state index in [1.807, 2.05) is 30.0 Å². The first-order valence-corrected chi connectivity index (χ1v) is 4.96. The zero-order valence-corrected chi connectivity index (χ0v) is 8.54. The number of nitrogens with zero attached hydrogens (tertiary/aromatic N) is 2. The van der Waals surface area contributed by atoms with Crippen LogP contribution in [0.4, 0.5) is 0 Å². The lowest BCUT2D eigenvalue weighted by molar-refractivity contribution is -0.109. The first-order valence-electron chi connectivity index (χ1n) is 3.97. The van der Waals surface area contributed by atoms with Crippen LogP contribution in [-0.4, -0.2) is 20.4 Å². The molecule has 1 aromatic rings. The predicted molar refractivity (Wildman–Crippen MR) is 55.4 cm³/mol. The highest BCUT2D eigenvalue weighted by Crippen LogP contribution is 2.03. The van der Waals surface area contributed by atoms with E-state index in [1.165, 1.54) is 11.8 Å². The van der Waals surface area contributed by atoms with E-state index in [0.717, 1.165) is 5.82 Å². The number of rotatable bonds is 3. The molecule has 0 aliphatic rings. The van der Waals surface area contributed by atoms with Gasteiger partial charge in [-0.1, -0.05) is 17.8 Å². The molecular weight excluding hydrogens is 184 g/mol. The molecule has 0 aromatic carbocycles. The Kier molecular flexibility index (Phi) is 3.76. The Hall–Kier alpha value is -1.03. The quantitative estimate of drug-likeness (QED) is 0.738. The van der Waals surface area contributed by atoms with Crippen LogP contribution in [0.2, 0.25) is 0 Å². The molecule has 0 unspecified atom stereocenters. The van der Waals surface area contributed by atoms with E-state index in [4.69, 9.17) is 0 Å². The predicted octanol–water partition coefficient (Wildman–Crippen LogP) is 1.71. The van der Waals surface area contributed by atoms with Crippen molar-refractivity contribution in [3.8, 4) is 0 Å². The van der Waals surface area contributed by atoms with Crippen LogP contribution < -0.4 is 0 Å². The molecule has 1 aromatic heterocycles. The fourth-order valence-electron chi connectivity index (χ4n) is 0.857. The van der Waals surface area contributed by atoms with Crippen LogP contribution in [0.5, 0.6) is 0 Å². The minimum absolute atomic E-state index is 0.143. The summed E-state index contributed by atoms with van der Waals surface area (Å²) in [6.45, 7) is 1.57. The summed E-state index contributed by atoms with van der Waals surface area (Å²) in [5.41, 5.74) is 0. The molecule has 0 N–H and O–H groups in total. The first kappa shape index (κ1) is 10.1. The maximum absolute atomic E-state index is 10.6. The molecule has 70 valence electrons. The maximum atomic E-state index is 10.6. The van der Waals surface area contributed by atoms with E-state index in [9.17, 15) is 4.79 Å². The van der Waals surface area contributed by atoms with Gasteiger partial charge in [0.25, 0.3) is 0 Å². The molecule has 3 nitrogen and oxygen atoms in total. The topological polar surface area (TPSA) is 34.9 Å². The Bertz CT molecular complexity index is 317. The molecule has 1 heterocycles. The SMILES string of the molecule is CC(=O)SCC=Cc1nccn1C. The number of aromatic nitrogens is 2.